The average Bonchev–Trinajstić information content (AvgIpc) is 3.18. The highest BCUT2D eigenvalue weighted by molar-refractivity contribution is 5.74. The zero-order valence-electron chi connectivity index (χ0n) is 13.6. The first kappa shape index (κ1) is 16.3. The molecule has 0 radical (unpaired) electrons. The molecule has 1 aliphatic carbocycles. The first-order valence-corrected chi connectivity index (χ1v) is 8.64. The van der Waals surface area contributed by atoms with Crippen LogP contribution in [0.2, 0.25) is 0 Å². The van der Waals surface area contributed by atoms with Gasteiger partial charge in [0.2, 0.25) is 0 Å². The number of amides is 2. The normalized spacial score (nSPS) is 20.9. The van der Waals surface area contributed by atoms with Crippen LogP contribution in [-0.4, -0.2) is 48.8 Å². The van der Waals surface area contributed by atoms with E-state index in [-0.39, 0.29) is 24.1 Å². The van der Waals surface area contributed by atoms with Crippen molar-refractivity contribution in [2.24, 2.45) is 5.41 Å². The molecule has 1 aromatic carbocycles. The number of nitrogens with zero attached hydrogens (tertiary/aromatic N) is 1. The van der Waals surface area contributed by atoms with Gasteiger partial charge in [0.1, 0.15) is 0 Å². The van der Waals surface area contributed by atoms with Crippen LogP contribution in [0.5, 0.6) is 0 Å². The molecule has 1 aliphatic heterocycles. The van der Waals surface area contributed by atoms with E-state index in [0.717, 1.165) is 25.9 Å². The van der Waals surface area contributed by atoms with Crippen molar-refractivity contribution in [1.82, 2.24) is 15.5 Å². The Morgan fingerprint density at radius 2 is 1.87 bits per heavy atom. The Kier molecular flexibility index (Phi) is 5.18. The quantitative estimate of drug-likeness (QED) is 0.719. The van der Waals surface area contributed by atoms with Gasteiger partial charge < -0.3 is 15.7 Å². The van der Waals surface area contributed by atoms with Crippen LogP contribution < -0.4 is 10.6 Å². The monoisotopic (exact) mass is 317 g/mol. The van der Waals surface area contributed by atoms with E-state index in [1.54, 1.807) is 0 Å². The van der Waals surface area contributed by atoms with E-state index >= 15 is 0 Å². The van der Waals surface area contributed by atoms with E-state index in [0.29, 0.717) is 13.1 Å². The van der Waals surface area contributed by atoms with Gasteiger partial charge in [-0.15, -0.1) is 0 Å². The van der Waals surface area contributed by atoms with Crippen LogP contribution in [0.1, 0.15) is 37.3 Å². The number of aliphatic hydroxyl groups excluding tert-OH is 1. The lowest BCUT2D eigenvalue weighted by Gasteiger charge is -2.28. The first-order chi connectivity index (χ1) is 11.2. The average molecular weight is 317 g/mol. The van der Waals surface area contributed by atoms with Gasteiger partial charge >= 0.3 is 6.03 Å². The van der Waals surface area contributed by atoms with Gasteiger partial charge in [-0.25, -0.2) is 4.79 Å². The minimum atomic E-state index is -0.134. The molecule has 1 saturated heterocycles. The van der Waals surface area contributed by atoms with E-state index < -0.39 is 0 Å². The molecule has 5 nitrogen and oxygen atoms in total. The van der Waals surface area contributed by atoms with E-state index in [1.165, 1.54) is 18.4 Å². The molecule has 2 aliphatic rings. The van der Waals surface area contributed by atoms with Gasteiger partial charge in [0.15, 0.2) is 0 Å². The highest BCUT2D eigenvalue weighted by atomic mass is 16.3. The number of rotatable bonds is 7. The summed E-state index contributed by atoms with van der Waals surface area (Å²) in [5.74, 6) is 0. The van der Waals surface area contributed by atoms with Crippen LogP contribution in [0, 0.1) is 5.41 Å². The third-order valence-corrected chi connectivity index (χ3v) is 5.14. The number of carbonyl (C=O) groups is 1. The predicted molar refractivity (Wildman–Crippen MR) is 90.1 cm³/mol. The summed E-state index contributed by atoms with van der Waals surface area (Å²) in [5.41, 5.74) is 1.20. The van der Waals surface area contributed by atoms with Crippen LogP contribution in [0.4, 0.5) is 4.79 Å². The van der Waals surface area contributed by atoms with Crippen LogP contribution in [-0.2, 0) is 0 Å². The minimum absolute atomic E-state index is 0.0505. The number of benzene rings is 1. The Bertz CT molecular complexity index is 510. The SMILES string of the molecule is O=C(NCC(c1ccccc1)N1CCCC1)NCC1(CO)CC1. The van der Waals surface area contributed by atoms with Gasteiger partial charge in [-0.3, -0.25) is 4.90 Å². The topological polar surface area (TPSA) is 64.6 Å². The number of likely N-dealkylation sites (tertiary alicyclic amines) is 1. The van der Waals surface area contributed by atoms with Crippen LogP contribution >= 0.6 is 0 Å². The minimum Gasteiger partial charge on any atom is -0.396 e. The highest BCUT2D eigenvalue weighted by Gasteiger charge is 2.42. The van der Waals surface area contributed by atoms with Crippen molar-refractivity contribution in [1.29, 1.82) is 0 Å². The van der Waals surface area contributed by atoms with E-state index in [9.17, 15) is 9.90 Å². The molecular weight excluding hydrogens is 290 g/mol. The molecule has 126 valence electrons. The Hall–Kier alpha value is -1.59. The number of aliphatic hydroxyl groups is 1. The second kappa shape index (κ2) is 7.32. The maximum atomic E-state index is 12.1. The fourth-order valence-corrected chi connectivity index (χ4v) is 3.27. The number of hydrogen-bond acceptors (Lipinski definition) is 3. The fourth-order valence-electron chi connectivity index (χ4n) is 3.27. The highest BCUT2D eigenvalue weighted by Crippen LogP contribution is 2.44. The Labute approximate surface area is 138 Å². The zero-order valence-corrected chi connectivity index (χ0v) is 13.6. The summed E-state index contributed by atoms with van der Waals surface area (Å²) in [5, 5.41) is 15.2. The lowest BCUT2D eigenvalue weighted by atomic mass is 10.1. The molecule has 0 spiro atoms. The largest absolute Gasteiger partial charge is 0.396 e. The molecule has 1 unspecified atom stereocenters. The number of urea groups is 1. The van der Waals surface area contributed by atoms with Crippen molar-refractivity contribution in [3.63, 3.8) is 0 Å². The summed E-state index contributed by atoms with van der Waals surface area (Å²) in [6, 6.07) is 10.5. The van der Waals surface area contributed by atoms with Gasteiger partial charge in [0, 0.05) is 18.5 Å². The molecule has 0 bridgehead atoms. The van der Waals surface area contributed by atoms with Crippen molar-refractivity contribution >= 4 is 6.03 Å². The molecular formula is C18H27N3O2. The van der Waals surface area contributed by atoms with Gasteiger partial charge in [-0.1, -0.05) is 30.3 Å². The predicted octanol–water partition coefficient (Wildman–Crippen LogP) is 1.90. The number of nitrogens with one attached hydrogen (secondary N) is 2. The third kappa shape index (κ3) is 4.24. The molecule has 1 aromatic rings. The Morgan fingerprint density at radius 3 is 2.48 bits per heavy atom. The molecule has 23 heavy (non-hydrogen) atoms. The molecule has 1 saturated carbocycles. The molecule has 2 fully saturated rings. The number of carbonyl (C=O) groups excluding carboxylic acids is 1. The van der Waals surface area contributed by atoms with Crippen molar-refractivity contribution in [2.45, 2.75) is 31.7 Å². The van der Waals surface area contributed by atoms with Gasteiger partial charge in [-0.05, 0) is 44.3 Å². The van der Waals surface area contributed by atoms with Gasteiger partial charge in [-0.2, -0.15) is 0 Å². The summed E-state index contributed by atoms with van der Waals surface area (Å²) >= 11 is 0. The van der Waals surface area contributed by atoms with Crippen molar-refractivity contribution in [3.8, 4) is 0 Å². The summed E-state index contributed by atoms with van der Waals surface area (Å²) in [4.78, 5) is 14.5. The molecule has 5 heteroatoms. The second-order valence-corrected chi connectivity index (χ2v) is 6.89. The van der Waals surface area contributed by atoms with E-state index in [4.69, 9.17) is 0 Å². The molecule has 0 aromatic heterocycles. The zero-order chi connectivity index (χ0) is 16.1. The lowest BCUT2D eigenvalue weighted by molar-refractivity contribution is 0.199. The maximum absolute atomic E-state index is 12.1. The van der Waals surface area contributed by atoms with Gasteiger partial charge in [0.25, 0.3) is 0 Å². The number of hydrogen-bond donors (Lipinski definition) is 3. The van der Waals surface area contributed by atoms with E-state index in [1.807, 2.05) is 6.07 Å². The summed E-state index contributed by atoms with van der Waals surface area (Å²) in [7, 11) is 0. The molecule has 2 amide bonds. The molecule has 1 atom stereocenters. The third-order valence-electron chi connectivity index (χ3n) is 5.14. The molecule has 3 rings (SSSR count). The summed E-state index contributed by atoms with van der Waals surface area (Å²) in [6.45, 7) is 3.53. The van der Waals surface area contributed by atoms with Crippen molar-refractivity contribution in [2.75, 3.05) is 32.8 Å². The standard InChI is InChI=1S/C18H27N3O2/c22-14-18(8-9-18)13-20-17(23)19-12-16(21-10-4-5-11-21)15-6-2-1-3-7-15/h1-3,6-7,16,22H,4-5,8-14H2,(H2,19,20,23). The van der Waals surface area contributed by atoms with Crippen LogP contribution in [0.15, 0.2) is 30.3 Å². The maximum Gasteiger partial charge on any atom is 0.314 e. The Morgan fingerprint density at radius 1 is 1.17 bits per heavy atom. The van der Waals surface area contributed by atoms with Crippen molar-refractivity contribution in [3.05, 3.63) is 35.9 Å². The van der Waals surface area contributed by atoms with Crippen molar-refractivity contribution < 1.29 is 9.90 Å². The van der Waals surface area contributed by atoms with Gasteiger partial charge in [0.05, 0.1) is 12.6 Å². The first-order valence-electron chi connectivity index (χ1n) is 8.64. The van der Waals surface area contributed by atoms with Crippen LogP contribution in [0.25, 0.3) is 0 Å². The lowest BCUT2D eigenvalue weighted by Crippen LogP contribution is -2.43. The molecule has 3 N–H and O–H groups in total. The fraction of sp³-hybridized carbons (Fsp3) is 0.611. The smallest absolute Gasteiger partial charge is 0.314 e. The van der Waals surface area contributed by atoms with Crippen LogP contribution in [0.3, 0.4) is 0 Å². The second-order valence-electron chi connectivity index (χ2n) is 6.89. The Balaban J connectivity index is 1.53. The summed E-state index contributed by atoms with van der Waals surface area (Å²) < 4.78 is 0. The summed E-state index contributed by atoms with van der Waals surface area (Å²) in [6.07, 6.45) is 4.47. The van der Waals surface area contributed by atoms with E-state index in [2.05, 4.69) is 39.8 Å². The molecule has 1 heterocycles.